The van der Waals surface area contributed by atoms with Gasteiger partial charge in [0.15, 0.2) is 0 Å². The summed E-state index contributed by atoms with van der Waals surface area (Å²) >= 11 is 0. The zero-order valence-electron chi connectivity index (χ0n) is 69.0. The van der Waals surface area contributed by atoms with E-state index in [1.807, 2.05) is 0 Å². The van der Waals surface area contributed by atoms with Gasteiger partial charge in [-0.2, -0.15) is 0 Å². The molecule has 0 amide bonds. The Bertz CT molecular complexity index is 8530. The molecular formula is C118H72N10. The number of hydrogen-bond donors (Lipinski definition) is 0. The smallest absolute Gasteiger partial charge is 0.0893 e. The molecule has 0 unspecified atom stereocenters. The Kier molecular flexibility index (Phi) is 14.9. The normalized spacial score (nSPS) is 12.2. The van der Waals surface area contributed by atoms with E-state index in [1.165, 1.54) is 43.1 Å². The molecule has 0 aliphatic carbocycles. The monoisotopic (exact) mass is 1630 g/mol. The van der Waals surface area contributed by atoms with E-state index in [9.17, 15) is 0 Å². The van der Waals surface area contributed by atoms with Crippen LogP contribution >= 0.6 is 0 Å². The maximum Gasteiger partial charge on any atom is 0.0893 e. The summed E-state index contributed by atoms with van der Waals surface area (Å²) in [7, 11) is 0. The first-order chi connectivity index (χ1) is 63.6. The number of fused-ring (bicyclic) bond motifs is 28. The average Bonchev–Trinajstić information content (AvgIpc) is 1.55. The molecule has 0 spiro atoms. The van der Waals surface area contributed by atoms with E-state index < -0.39 is 0 Å². The van der Waals surface area contributed by atoms with Crippen LogP contribution in [0.15, 0.2) is 437 Å². The molecule has 28 rings (SSSR count). The molecule has 10 heteroatoms. The summed E-state index contributed by atoms with van der Waals surface area (Å²) in [5.74, 6) is 0. The number of para-hydroxylation sites is 12. The van der Waals surface area contributed by atoms with Gasteiger partial charge in [-0.1, -0.05) is 279 Å². The van der Waals surface area contributed by atoms with Crippen LogP contribution in [-0.2, 0) is 0 Å². The third kappa shape index (κ3) is 10.0. The van der Waals surface area contributed by atoms with Crippen LogP contribution in [0, 0.1) is 0 Å². The van der Waals surface area contributed by atoms with Crippen molar-refractivity contribution in [3.05, 3.63) is 437 Å². The predicted octanol–water partition coefficient (Wildman–Crippen LogP) is 30.3. The van der Waals surface area contributed by atoms with Crippen molar-refractivity contribution in [2.24, 2.45) is 0 Å². The van der Waals surface area contributed by atoms with Crippen molar-refractivity contribution in [2.45, 2.75) is 0 Å². The first kappa shape index (κ1) is 70.2. The first-order valence-electron chi connectivity index (χ1n) is 43.9. The number of nitrogens with zero attached hydrogens (tertiary/aromatic N) is 10. The standard InChI is InChI=1S/C118H72N10/c1-5-31-75(32-6-1)121-103-51-21-13-39-83(103)91-59-63-95-87-43-17-25-55-107(87)125(115(95)111(91)121)79-67-73(68-80(71-79)126-108-56-26-18-44-88(108)96-64-60-92-84-40-14-22-52-104(84)122(112(92)116(96)126)76-33-7-2-8-34-76)99-47-29-49-101(119-99)102-50-30-48-100(120-102)74-69-81(127-109-57-27-19-45-89(109)97-65-61-93-85-41-15-23-53-105(85)123(113(93)117(97)127)77-35-9-3-10-36-77)72-82(70-74)128-110-58-28-20-46-90(110)98-66-62-94-86-42-16-24-54-106(86)124(114(94)118(98)128)78-37-11-4-12-38-78/h1-72H. The first-order valence-corrected chi connectivity index (χ1v) is 43.9. The lowest BCUT2D eigenvalue weighted by molar-refractivity contribution is 1.12. The van der Waals surface area contributed by atoms with Crippen molar-refractivity contribution in [1.29, 1.82) is 0 Å². The van der Waals surface area contributed by atoms with E-state index in [0.717, 1.165) is 211 Å². The third-order valence-electron chi connectivity index (χ3n) is 27.1. The van der Waals surface area contributed by atoms with Crippen LogP contribution in [-0.4, -0.2) is 46.5 Å². The van der Waals surface area contributed by atoms with Gasteiger partial charge < -0.3 is 36.5 Å². The molecule has 0 bridgehead atoms. The van der Waals surface area contributed by atoms with Gasteiger partial charge in [-0.05, 0) is 158 Å². The Labute approximate surface area is 732 Å². The van der Waals surface area contributed by atoms with Gasteiger partial charge in [-0.3, -0.25) is 0 Å². The van der Waals surface area contributed by atoms with E-state index in [2.05, 4.69) is 473 Å². The van der Waals surface area contributed by atoms with Crippen molar-refractivity contribution in [3.8, 4) is 79.4 Å². The van der Waals surface area contributed by atoms with Gasteiger partial charge in [0.1, 0.15) is 0 Å². The molecule has 0 N–H and O–H groups in total. The zero-order chi connectivity index (χ0) is 83.5. The number of aromatic nitrogens is 10. The molecule has 0 aliphatic rings. The van der Waals surface area contributed by atoms with Gasteiger partial charge >= 0.3 is 0 Å². The lowest BCUT2D eigenvalue weighted by Gasteiger charge is -2.18. The summed E-state index contributed by atoms with van der Waals surface area (Å²) in [4.78, 5) is 11.8. The summed E-state index contributed by atoms with van der Waals surface area (Å²) in [6.07, 6.45) is 0. The van der Waals surface area contributed by atoms with Crippen molar-refractivity contribution in [3.63, 3.8) is 0 Å². The summed E-state index contributed by atoms with van der Waals surface area (Å²) in [5.41, 5.74) is 31.2. The second-order valence-corrected chi connectivity index (χ2v) is 33.9. The maximum absolute atomic E-state index is 5.92. The average molecular weight is 1630 g/mol. The maximum atomic E-state index is 5.92. The van der Waals surface area contributed by atoms with E-state index in [-0.39, 0.29) is 0 Å². The quantitative estimate of drug-likeness (QED) is 0.130. The minimum Gasteiger partial charge on any atom is -0.307 e. The van der Waals surface area contributed by atoms with Crippen LogP contribution in [0.1, 0.15) is 0 Å². The highest BCUT2D eigenvalue weighted by molar-refractivity contribution is 6.29. The second-order valence-electron chi connectivity index (χ2n) is 33.9. The topological polar surface area (TPSA) is 65.2 Å². The van der Waals surface area contributed by atoms with E-state index >= 15 is 0 Å². The Morgan fingerprint density at radius 1 is 0.117 bits per heavy atom. The van der Waals surface area contributed by atoms with Crippen molar-refractivity contribution >= 4 is 174 Å². The van der Waals surface area contributed by atoms with Crippen LogP contribution in [0.3, 0.4) is 0 Å². The molecule has 0 aliphatic heterocycles. The molecule has 0 fully saturated rings. The molecule has 28 aromatic rings. The number of benzene rings is 18. The lowest BCUT2D eigenvalue weighted by atomic mass is 10.1. The third-order valence-corrected chi connectivity index (χ3v) is 27.1. The molecule has 0 radical (unpaired) electrons. The summed E-state index contributed by atoms with van der Waals surface area (Å²) in [5, 5.41) is 18.8. The van der Waals surface area contributed by atoms with Gasteiger partial charge in [-0.25, -0.2) is 9.97 Å². The molecular weight excluding hydrogens is 1560 g/mol. The Morgan fingerprint density at radius 2 is 0.281 bits per heavy atom. The Hall–Kier alpha value is -17.3. The van der Waals surface area contributed by atoms with Crippen LogP contribution < -0.4 is 0 Å². The van der Waals surface area contributed by atoms with Gasteiger partial charge in [0.05, 0.1) is 111 Å². The Balaban J connectivity index is 0.705. The van der Waals surface area contributed by atoms with Gasteiger partial charge in [0.2, 0.25) is 0 Å². The minimum absolute atomic E-state index is 0.738. The highest BCUT2D eigenvalue weighted by atomic mass is 15.1. The van der Waals surface area contributed by atoms with E-state index in [1.54, 1.807) is 0 Å². The highest BCUT2D eigenvalue weighted by Gasteiger charge is 2.30. The fraction of sp³-hybridized carbons (Fsp3) is 0. The lowest BCUT2D eigenvalue weighted by Crippen LogP contribution is -2.03. The Morgan fingerprint density at radius 3 is 0.477 bits per heavy atom. The highest BCUT2D eigenvalue weighted by Crippen LogP contribution is 2.50. The van der Waals surface area contributed by atoms with Crippen molar-refractivity contribution in [1.82, 2.24) is 46.5 Å². The number of pyridine rings is 2. The van der Waals surface area contributed by atoms with Crippen molar-refractivity contribution < 1.29 is 0 Å². The summed E-state index contributed by atoms with van der Waals surface area (Å²) < 4.78 is 20.1. The van der Waals surface area contributed by atoms with Gasteiger partial charge in [-0.15, -0.1) is 0 Å². The van der Waals surface area contributed by atoms with E-state index in [0.29, 0.717) is 0 Å². The zero-order valence-corrected chi connectivity index (χ0v) is 69.0. The largest absolute Gasteiger partial charge is 0.307 e. The van der Waals surface area contributed by atoms with Gasteiger partial charge in [0, 0.05) is 143 Å². The van der Waals surface area contributed by atoms with Crippen molar-refractivity contribution in [2.75, 3.05) is 0 Å². The predicted molar refractivity (Wildman–Crippen MR) is 533 cm³/mol. The SMILES string of the molecule is c1ccc(-n2c3ccccc3c3ccc4c5ccccc5n(-c5cc(-c6cccc(-c7cccc(-c8cc(-n9c%10ccccc%10c%10ccc%11c%12ccccc%12n(-c%12ccccc%12)c%11c%109)cc(-n9c%10ccccc%10c%10ccc%11c%12ccccc%12n(-c%12ccccc%12)c%11c%109)c8)n7)n6)cc(-n6c7ccccc7c7ccc8c9ccccc9n(-c9ccccc9)c8c76)c5)c4c32)cc1. The second kappa shape index (κ2) is 27.1. The van der Waals surface area contributed by atoms with Gasteiger partial charge in [0.25, 0.3) is 0 Å². The molecule has 10 heterocycles. The van der Waals surface area contributed by atoms with Crippen LogP contribution in [0.25, 0.3) is 254 Å². The fourth-order valence-electron chi connectivity index (χ4n) is 21.9. The summed E-state index contributed by atoms with van der Waals surface area (Å²) in [6.45, 7) is 0. The molecule has 594 valence electrons. The minimum atomic E-state index is 0.738. The molecule has 18 aromatic carbocycles. The molecule has 0 saturated heterocycles. The fourth-order valence-corrected chi connectivity index (χ4v) is 21.9. The molecule has 0 saturated carbocycles. The van der Waals surface area contributed by atoms with Crippen LogP contribution in [0.4, 0.5) is 0 Å². The summed E-state index contributed by atoms with van der Waals surface area (Å²) in [6, 6.07) is 161. The van der Waals surface area contributed by atoms with Crippen LogP contribution in [0.5, 0.6) is 0 Å². The molecule has 10 nitrogen and oxygen atoms in total. The molecule has 10 aromatic heterocycles. The van der Waals surface area contributed by atoms with Crippen LogP contribution in [0.2, 0.25) is 0 Å². The number of rotatable bonds is 11. The number of hydrogen-bond acceptors (Lipinski definition) is 2. The molecule has 0 atom stereocenters. The molecule has 128 heavy (non-hydrogen) atoms. The van der Waals surface area contributed by atoms with E-state index in [4.69, 9.17) is 9.97 Å².